The van der Waals surface area contributed by atoms with Gasteiger partial charge in [-0.05, 0) is 28.8 Å². The summed E-state index contributed by atoms with van der Waals surface area (Å²) in [6, 6.07) is 7.24. The molecular weight excluding hydrogens is 210 g/mol. The van der Waals surface area contributed by atoms with Crippen molar-refractivity contribution in [2.24, 2.45) is 5.18 Å². The molecule has 2 aromatic carbocycles. The maximum absolute atomic E-state index is 10.8. The van der Waals surface area contributed by atoms with Gasteiger partial charge in [-0.3, -0.25) is 0 Å². The Morgan fingerprint density at radius 2 is 1.88 bits per heavy atom. The minimum Gasteiger partial charge on any atom is -0.506 e. The topological polar surface area (TPSA) is 87.0 Å². The molecule has 5 heteroatoms. The van der Waals surface area contributed by atoms with Gasteiger partial charge in [-0.2, -0.15) is 0 Å². The number of benzene rings is 2. The first-order valence-electron chi connectivity index (χ1n) is 4.46. The summed E-state index contributed by atoms with van der Waals surface area (Å²) in [4.78, 5) is 21.3. The van der Waals surface area contributed by atoms with Crippen molar-refractivity contribution in [1.82, 2.24) is 0 Å². The van der Waals surface area contributed by atoms with Crippen LogP contribution in [-0.2, 0) is 0 Å². The number of carboxylic acids is 1. The molecule has 0 aliphatic carbocycles. The van der Waals surface area contributed by atoms with Crippen molar-refractivity contribution in [1.29, 1.82) is 0 Å². The van der Waals surface area contributed by atoms with Gasteiger partial charge in [0, 0.05) is 5.39 Å². The van der Waals surface area contributed by atoms with Crippen molar-refractivity contribution < 1.29 is 15.0 Å². The number of phenols is 1. The van der Waals surface area contributed by atoms with E-state index < -0.39 is 5.97 Å². The maximum Gasteiger partial charge on any atom is 0.335 e. The molecule has 2 rings (SSSR count). The smallest absolute Gasteiger partial charge is 0.335 e. The Bertz CT molecular complexity index is 592. The van der Waals surface area contributed by atoms with Crippen LogP contribution in [0.1, 0.15) is 10.4 Å². The Kier molecular flexibility index (Phi) is 2.28. The zero-order valence-corrected chi connectivity index (χ0v) is 8.04. The van der Waals surface area contributed by atoms with Gasteiger partial charge in [0.25, 0.3) is 0 Å². The van der Waals surface area contributed by atoms with Gasteiger partial charge >= 0.3 is 5.97 Å². The monoisotopic (exact) mass is 217 g/mol. The van der Waals surface area contributed by atoms with E-state index in [-0.39, 0.29) is 17.0 Å². The second-order valence-electron chi connectivity index (χ2n) is 3.27. The lowest BCUT2D eigenvalue weighted by molar-refractivity contribution is 0.0697. The molecule has 5 nitrogen and oxygen atoms in total. The molecule has 0 heterocycles. The summed E-state index contributed by atoms with van der Waals surface area (Å²) < 4.78 is 0. The van der Waals surface area contributed by atoms with E-state index in [4.69, 9.17) is 5.11 Å². The van der Waals surface area contributed by atoms with E-state index in [0.717, 1.165) is 0 Å². The molecule has 0 aliphatic rings. The third-order valence-electron chi connectivity index (χ3n) is 2.31. The van der Waals surface area contributed by atoms with Crippen molar-refractivity contribution in [2.75, 3.05) is 0 Å². The van der Waals surface area contributed by atoms with E-state index in [2.05, 4.69) is 5.18 Å². The zero-order chi connectivity index (χ0) is 11.7. The van der Waals surface area contributed by atoms with Crippen molar-refractivity contribution in [3.05, 3.63) is 40.8 Å². The summed E-state index contributed by atoms with van der Waals surface area (Å²) in [6.07, 6.45) is 0. The Balaban J connectivity index is 2.83. The van der Waals surface area contributed by atoms with Crippen LogP contribution in [-0.4, -0.2) is 16.2 Å². The van der Waals surface area contributed by atoms with Gasteiger partial charge in [-0.25, -0.2) is 4.79 Å². The lowest BCUT2D eigenvalue weighted by atomic mass is 10.0. The molecule has 2 N–H and O–H groups in total. The predicted octanol–water partition coefficient (Wildman–Crippen LogP) is 2.64. The molecular formula is C11H7NO4. The minimum atomic E-state index is -1.10. The molecule has 0 atom stereocenters. The molecule has 0 amide bonds. The number of nitrogens with zero attached hydrogens (tertiary/aromatic N) is 1. The number of carbonyl (C=O) groups is 1. The number of aromatic hydroxyl groups is 1. The second-order valence-corrected chi connectivity index (χ2v) is 3.27. The molecule has 0 aliphatic heterocycles. The molecule has 0 unspecified atom stereocenters. The molecule has 0 saturated carbocycles. The Morgan fingerprint density at radius 3 is 2.50 bits per heavy atom. The average molecular weight is 217 g/mol. The average Bonchev–Trinajstić information content (AvgIpc) is 2.28. The molecule has 16 heavy (non-hydrogen) atoms. The highest BCUT2D eigenvalue weighted by atomic mass is 16.4. The van der Waals surface area contributed by atoms with Gasteiger partial charge in [0.15, 0.2) is 5.69 Å². The standard InChI is InChI=1S/C11H7NO4/c13-9-4-3-6-1-2-7(11(14)15)5-8(6)10(9)12-16/h1-5,13H,(H,14,15). The molecule has 0 bridgehead atoms. The number of aromatic carboxylic acids is 1. The van der Waals surface area contributed by atoms with E-state index in [1.807, 2.05) is 0 Å². The SMILES string of the molecule is O=Nc1c(O)ccc2ccc(C(=O)O)cc12. The van der Waals surface area contributed by atoms with Gasteiger partial charge < -0.3 is 10.2 Å². The Morgan fingerprint density at radius 1 is 1.19 bits per heavy atom. The van der Waals surface area contributed by atoms with E-state index in [9.17, 15) is 14.8 Å². The van der Waals surface area contributed by atoms with Gasteiger partial charge in [0.1, 0.15) is 5.75 Å². The molecule has 0 spiro atoms. The van der Waals surface area contributed by atoms with Crippen LogP contribution in [0.15, 0.2) is 35.5 Å². The summed E-state index contributed by atoms with van der Waals surface area (Å²) in [5.74, 6) is -1.35. The maximum atomic E-state index is 10.8. The van der Waals surface area contributed by atoms with Crippen LogP contribution in [0, 0.1) is 4.91 Å². The molecule has 0 fully saturated rings. The second kappa shape index (κ2) is 3.62. The van der Waals surface area contributed by atoms with Crippen LogP contribution < -0.4 is 0 Å². The van der Waals surface area contributed by atoms with Crippen LogP contribution in [0.4, 0.5) is 5.69 Å². The van der Waals surface area contributed by atoms with Crippen molar-refractivity contribution >= 4 is 22.4 Å². The number of hydrogen-bond acceptors (Lipinski definition) is 4. The fourth-order valence-corrected chi connectivity index (χ4v) is 1.52. The van der Waals surface area contributed by atoms with E-state index >= 15 is 0 Å². The van der Waals surface area contributed by atoms with E-state index in [1.54, 1.807) is 12.1 Å². The minimum absolute atomic E-state index is 0.0444. The van der Waals surface area contributed by atoms with Gasteiger partial charge in [-0.15, -0.1) is 4.91 Å². The fraction of sp³-hybridized carbons (Fsp3) is 0. The van der Waals surface area contributed by atoms with Crippen molar-refractivity contribution in [3.63, 3.8) is 0 Å². The van der Waals surface area contributed by atoms with E-state index in [1.165, 1.54) is 18.2 Å². The summed E-state index contributed by atoms with van der Waals surface area (Å²) in [6.45, 7) is 0. The fourth-order valence-electron chi connectivity index (χ4n) is 1.52. The largest absolute Gasteiger partial charge is 0.506 e. The number of nitroso groups, excluding NO2 is 1. The highest BCUT2D eigenvalue weighted by molar-refractivity contribution is 6.00. The highest BCUT2D eigenvalue weighted by Crippen LogP contribution is 2.35. The predicted molar refractivity (Wildman–Crippen MR) is 58.0 cm³/mol. The summed E-state index contributed by atoms with van der Waals surface area (Å²) >= 11 is 0. The Hall–Kier alpha value is -2.43. The van der Waals surface area contributed by atoms with Crippen molar-refractivity contribution in [2.45, 2.75) is 0 Å². The van der Waals surface area contributed by atoms with Crippen molar-refractivity contribution in [3.8, 4) is 5.75 Å². The first-order chi connectivity index (χ1) is 7.63. The molecule has 2 aromatic rings. The van der Waals surface area contributed by atoms with Gasteiger partial charge in [0.05, 0.1) is 5.56 Å². The number of hydrogen-bond donors (Lipinski definition) is 2. The first kappa shape index (κ1) is 10.1. The Labute approximate surface area is 89.9 Å². The van der Waals surface area contributed by atoms with Crippen LogP contribution in [0.5, 0.6) is 5.75 Å². The molecule has 80 valence electrons. The number of rotatable bonds is 2. The normalized spacial score (nSPS) is 10.2. The summed E-state index contributed by atoms with van der Waals surface area (Å²) in [7, 11) is 0. The molecule has 0 saturated heterocycles. The third-order valence-corrected chi connectivity index (χ3v) is 2.31. The molecule has 0 radical (unpaired) electrons. The quantitative estimate of drug-likeness (QED) is 0.757. The summed E-state index contributed by atoms with van der Waals surface area (Å²) in [5, 5.41) is 21.9. The third kappa shape index (κ3) is 1.48. The summed E-state index contributed by atoms with van der Waals surface area (Å²) in [5.41, 5.74) is -0.0939. The number of phenolic OH excluding ortho intramolecular Hbond substituents is 1. The molecule has 0 aromatic heterocycles. The van der Waals surface area contributed by atoms with Crippen LogP contribution in [0.25, 0.3) is 10.8 Å². The number of carboxylic acid groups (broad SMARTS) is 1. The van der Waals surface area contributed by atoms with Crippen LogP contribution >= 0.6 is 0 Å². The van der Waals surface area contributed by atoms with Gasteiger partial charge in [-0.1, -0.05) is 12.1 Å². The first-order valence-corrected chi connectivity index (χ1v) is 4.46. The van der Waals surface area contributed by atoms with Crippen LogP contribution in [0.2, 0.25) is 0 Å². The number of fused-ring (bicyclic) bond motifs is 1. The van der Waals surface area contributed by atoms with Gasteiger partial charge in [0.2, 0.25) is 0 Å². The lowest BCUT2D eigenvalue weighted by Gasteiger charge is -2.03. The lowest BCUT2D eigenvalue weighted by Crippen LogP contribution is -1.95. The van der Waals surface area contributed by atoms with E-state index in [0.29, 0.717) is 10.8 Å². The zero-order valence-electron chi connectivity index (χ0n) is 8.04. The highest BCUT2D eigenvalue weighted by Gasteiger charge is 2.10. The van der Waals surface area contributed by atoms with Crippen LogP contribution in [0.3, 0.4) is 0 Å².